The fourth-order valence-corrected chi connectivity index (χ4v) is 2.09. The van der Waals surface area contributed by atoms with Crippen molar-refractivity contribution in [1.82, 2.24) is 0 Å². The van der Waals surface area contributed by atoms with E-state index in [0.29, 0.717) is 0 Å². The lowest BCUT2D eigenvalue weighted by atomic mass is 9.91. The zero-order valence-corrected chi connectivity index (χ0v) is 9.66. The molecule has 0 radical (unpaired) electrons. The van der Waals surface area contributed by atoms with Gasteiger partial charge in [0, 0.05) is 6.07 Å². The lowest BCUT2D eigenvalue weighted by Gasteiger charge is -2.15. The summed E-state index contributed by atoms with van der Waals surface area (Å²) in [6.45, 7) is 1.36. The number of ether oxygens (including phenoxy) is 1. The summed E-state index contributed by atoms with van der Waals surface area (Å²) in [7, 11) is 0. The van der Waals surface area contributed by atoms with Crippen molar-refractivity contribution in [3.05, 3.63) is 39.9 Å². The maximum absolute atomic E-state index is 11.5. The number of benzene rings is 1. The summed E-state index contributed by atoms with van der Waals surface area (Å²) in [5, 5.41) is 10.9. The Morgan fingerprint density at radius 1 is 1.44 bits per heavy atom. The number of Topliss-reactive ketones (excluding diaryl/α,β-unsaturated/α-hetero) is 1. The minimum atomic E-state index is -0.850. The predicted octanol–water partition coefficient (Wildman–Crippen LogP) is 1.79. The van der Waals surface area contributed by atoms with Gasteiger partial charge in [-0.3, -0.25) is 19.7 Å². The van der Waals surface area contributed by atoms with E-state index in [1.807, 2.05) is 0 Å². The molecular weight excluding hydrogens is 238 g/mol. The number of hydrogen-bond acceptors (Lipinski definition) is 5. The molecule has 1 saturated heterocycles. The third kappa shape index (κ3) is 2.09. The van der Waals surface area contributed by atoms with Gasteiger partial charge in [-0.15, -0.1) is 0 Å². The number of esters is 1. The molecule has 1 aromatic rings. The average molecular weight is 249 g/mol. The maximum atomic E-state index is 11.5. The van der Waals surface area contributed by atoms with Gasteiger partial charge in [0.1, 0.15) is 11.9 Å². The van der Waals surface area contributed by atoms with Crippen molar-refractivity contribution in [2.75, 3.05) is 0 Å². The molecule has 1 aliphatic heterocycles. The number of carbonyl (C=O) groups excluding carboxylic acids is 2. The molecule has 0 unspecified atom stereocenters. The third-order valence-corrected chi connectivity index (χ3v) is 2.97. The smallest absolute Gasteiger partial charge is 0.307 e. The van der Waals surface area contributed by atoms with Crippen molar-refractivity contribution in [2.45, 2.75) is 19.4 Å². The SMILES string of the molecule is CC(=O)[C@@H]1CC(=O)O[C@H]1c1ccccc1[N+](=O)[O-]. The highest BCUT2D eigenvalue weighted by molar-refractivity contribution is 5.87. The Balaban J connectivity index is 2.44. The molecule has 0 aromatic heterocycles. The quantitative estimate of drug-likeness (QED) is 0.463. The van der Waals surface area contributed by atoms with Crippen LogP contribution in [0, 0.1) is 16.0 Å². The second-order valence-electron chi connectivity index (χ2n) is 4.15. The van der Waals surface area contributed by atoms with Gasteiger partial charge in [-0.2, -0.15) is 0 Å². The molecule has 0 saturated carbocycles. The molecule has 0 amide bonds. The van der Waals surface area contributed by atoms with Crippen LogP contribution in [0.3, 0.4) is 0 Å². The van der Waals surface area contributed by atoms with Crippen LogP contribution in [-0.2, 0) is 14.3 Å². The Morgan fingerprint density at radius 3 is 2.72 bits per heavy atom. The van der Waals surface area contributed by atoms with Gasteiger partial charge in [0.05, 0.1) is 22.8 Å². The highest BCUT2D eigenvalue weighted by Crippen LogP contribution is 2.39. The topological polar surface area (TPSA) is 86.5 Å². The number of rotatable bonds is 3. The van der Waals surface area contributed by atoms with Crippen molar-refractivity contribution in [1.29, 1.82) is 0 Å². The molecule has 2 atom stereocenters. The fraction of sp³-hybridized carbons (Fsp3) is 0.333. The number of nitro groups is 1. The minimum absolute atomic E-state index is 0.0218. The van der Waals surface area contributed by atoms with Crippen LogP contribution in [0.5, 0.6) is 0 Å². The number of carbonyl (C=O) groups is 2. The van der Waals surface area contributed by atoms with Gasteiger partial charge in [0.2, 0.25) is 0 Å². The van der Waals surface area contributed by atoms with Crippen LogP contribution in [-0.4, -0.2) is 16.7 Å². The van der Waals surface area contributed by atoms with E-state index in [9.17, 15) is 19.7 Å². The Morgan fingerprint density at radius 2 is 2.11 bits per heavy atom. The molecule has 1 aromatic carbocycles. The number of hydrogen-bond donors (Lipinski definition) is 0. The lowest BCUT2D eigenvalue weighted by molar-refractivity contribution is -0.386. The van der Waals surface area contributed by atoms with Crippen molar-refractivity contribution < 1.29 is 19.2 Å². The molecule has 0 aliphatic carbocycles. The molecule has 0 bridgehead atoms. The van der Waals surface area contributed by atoms with Crippen LogP contribution >= 0.6 is 0 Å². The van der Waals surface area contributed by atoms with Gasteiger partial charge < -0.3 is 4.74 Å². The fourth-order valence-electron chi connectivity index (χ4n) is 2.09. The highest BCUT2D eigenvalue weighted by atomic mass is 16.6. The Labute approximate surface area is 103 Å². The lowest BCUT2D eigenvalue weighted by Crippen LogP contribution is -2.16. The van der Waals surface area contributed by atoms with Crippen LogP contribution in [0.4, 0.5) is 5.69 Å². The van der Waals surface area contributed by atoms with Crippen molar-refractivity contribution in [3.8, 4) is 0 Å². The van der Waals surface area contributed by atoms with Gasteiger partial charge in [0.15, 0.2) is 0 Å². The van der Waals surface area contributed by atoms with Crippen LogP contribution < -0.4 is 0 Å². The summed E-state index contributed by atoms with van der Waals surface area (Å²) >= 11 is 0. The molecule has 0 spiro atoms. The van der Waals surface area contributed by atoms with Crippen LogP contribution in [0.15, 0.2) is 24.3 Å². The van der Waals surface area contributed by atoms with Gasteiger partial charge in [-0.25, -0.2) is 0 Å². The molecule has 1 aliphatic rings. The summed E-state index contributed by atoms with van der Waals surface area (Å²) in [5.74, 6) is -1.35. The monoisotopic (exact) mass is 249 g/mol. The first kappa shape index (κ1) is 12.2. The summed E-state index contributed by atoms with van der Waals surface area (Å²) in [6, 6.07) is 5.99. The molecule has 6 nitrogen and oxygen atoms in total. The van der Waals surface area contributed by atoms with E-state index in [-0.39, 0.29) is 23.5 Å². The second kappa shape index (κ2) is 4.56. The Hall–Kier alpha value is -2.24. The summed E-state index contributed by atoms with van der Waals surface area (Å²) in [5.41, 5.74) is 0.136. The van der Waals surface area contributed by atoms with E-state index in [1.54, 1.807) is 6.07 Å². The van der Waals surface area contributed by atoms with Gasteiger partial charge >= 0.3 is 5.97 Å². The molecule has 1 heterocycles. The zero-order chi connectivity index (χ0) is 13.3. The highest BCUT2D eigenvalue weighted by Gasteiger charge is 2.41. The first-order valence-corrected chi connectivity index (χ1v) is 5.44. The molecule has 1 fully saturated rings. The van der Waals surface area contributed by atoms with Crippen LogP contribution in [0.1, 0.15) is 25.0 Å². The molecule has 0 N–H and O–H groups in total. The first-order chi connectivity index (χ1) is 8.50. The normalized spacial score (nSPS) is 22.6. The van der Waals surface area contributed by atoms with E-state index in [4.69, 9.17) is 4.74 Å². The van der Waals surface area contributed by atoms with E-state index < -0.39 is 22.9 Å². The Kier molecular flexibility index (Phi) is 3.10. The number of nitrogens with zero attached hydrogens (tertiary/aromatic N) is 1. The van der Waals surface area contributed by atoms with E-state index in [1.165, 1.54) is 25.1 Å². The first-order valence-electron chi connectivity index (χ1n) is 5.44. The molecule has 6 heteroatoms. The summed E-state index contributed by atoms with van der Waals surface area (Å²) in [4.78, 5) is 33.1. The second-order valence-corrected chi connectivity index (χ2v) is 4.15. The van der Waals surface area contributed by atoms with Crippen molar-refractivity contribution >= 4 is 17.4 Å². The predicted molar refractivity (Wildman–Crippen MR) is 60.7 cm³/mol. The van der Waals surface area contributed by atoms with Gasteiger partial charge in [0.25, 0.3) is 5.69 Å². The largest absolute Gasteiger partial charge is 0.456 e. The van der Waals surface area contributed by atoms with Crippen molar-refractivity contribution in [3.63, 3.8) is 0 Å². The van der Waals surface area contributed by atoms with Gasteiger partial charge in [-0.1, -0.05) is 12.1 Å². The number of cyclic esters (lactones) is 1. The summed E-state index contributed by atoms with van der Waals surface area (Å²) in [6.07, 6.45) is -0.872. The number of nitro benzene ring substituents is 1. The summed E-state index contributed by atoms with van der Waals surface area (Å²) < 4.78 is 5.05. The number of para-hydroxylation sites is 1. The van der Waals surface area contributed by atoms with E-state index in [0.717, 1.165) is 0 Å². The third-order valence-electron chi connectivity index (χ3n) is 2.97. The zero-order valence-electron chi connectivity index (χ0n) is 9.66. The molecular formula is C12H11NO5. The minimum Gasteiger partial charge on any atom is -0.456 e. The molecule has 18 heavy (non-hydrogen) atoms. The van der Waals surface area contributed by atoms with E-state index >= 15 is 0 Å². The number of ketones is 1. The molecule has 2 rings (SSSR count). The van der Waals surface area contributed by atoms with Gasteiger partial charge in [-0.05, 0) is 13.0 Å². The van der Waals surface area contributed by atoms with Crippen LogP contribution in [0.2, 0.25) is 0 Å². The van der Waals surface area contributed by atoms with E-state index in [2.05, 4.69) is 0 Å². The van der Waals surface area contributed by atoms with Crippen LogP contribution in [0.25, 0.3) is 0 Å². The maximum Gasteiger partial charge on any atom is 0.307 e. The van der Waals surface area contributed by atoms with Crippen molar-refractivity contribution in [2.24, 2.45) is 5.92 Å². The average Bonchev–Trinajstić information content (AvgIpc) is 2.71. The Bertz CT molecular complexity index is 525. The standard InChI is InChI=1S/C12H11NO5/c1-7(14)9-6-11(15)18-12(9)8-4-2-3-5-10(8)13(16)17/h2-5,9,12H,6H2,1H3/t9-,12-/m0/s1. The molecule has 94 valence electrons.